The zero-order valence-electron chi connectivity index (χ0n) is 6.85. The second kappa shape index (κ2) is 3.43. The van der Waals surface area contributed by atoms with E-state index in [2.05, 4.69) is 9.84 Å². The van der Waals surface area contributed by atoms with E-state index in [9.17, 15) is 22.0 Å². The first-order valence-electron chi connectivity index (χ1n) is 3.39. The Labute approximate surface area is 75.1 Å². The smallest absolute Gasteiger partial charge is 0.388 e. The van der Waals surface area contributed by atoms with Crippen molar-refractivity contribution in [2.24, 2.45) is 0 Å². The molecule has 0 aliphatic heterocycles. The zero-order chi connectivity index (χ0) is 10.9. The Morgan fingerprint density at radius 1 is 1.43 bits per heavy atom. The van der Waals surface area contributed by atoms with E-state index in [1.54, 1.807) is 0 Å². The Kier molecular flexibility index (Phi) is 2.63. The quantitative estimate of drug-likeness (QED) is 0.710. The van der Waals surface area contributed by atoms with Gasteiger partial charge in [-0.05, 0) is 6.92 Å². The first-order valence-corrected chi connectivity index (χ1v) is 3.39. The van der Waals surface area contributed by atoms with Crippen LogP contribution < -0.4 is 4.74 Å². The Morgan fingerprint density at radius 2 is 2.00 bits per heavy atom. The van der Waals surface area contributed by atoms with E-state index in [0.717, 1.165) is 6.20 Å². The van der Waals surface area contributed by atoms with Crippen LogP contribution in [0.25, 0.3) is 0 Å². The molecule has 1 heterocycles. The molecule has 8 heteroatoms. The Bertz CT molecular complexity index is 319. The molecule has 1 aromatic heterocycles. The molecular formula is C6H5F5N2O. The Hall–Kier alpha value is -1.34. The van der Waals surface area contributed by atoms with Crippen molar-refractivity contribution < 1.29 is 26.7 Å². The third-order valence-corrected chi connectivity index (χ3v) is 1.32. The van der Waals surface area contributed by atoms with Gasteiger partial charge >= 0.3 is 12.9 Å². The summed E-state index contributed by atoms with van der Waals surface area (Å²) in [7, 11) is 0. The van der Waals surface area contributed by atoms with Crippen LogP contribution in [0.15, 0.2) is 6.20 Å². The number of rotatable bonds is 2. The third-order valence-electron chi connectivity index (χ3n) is 1.32. The number of hydrogen-bond donors (Lipinski definition) is 0. The van der Waals surface area contributed by atoms with Crippen LogP contribution in [0.4, 0.5) is 22.0 Å². The highest BCUT2D eigenvalue weighted by atomic mass is 19.4. The lowest BCUT2D eigenvalue weighted by atomic mass is 10.4. The molecular weight excluding hydrogens is 211 g/mol. The van der Waals surface area contributed by atoms with Crippen LogP contribution in [-0.2, 0) is 0 Å². The van der Waals surface area contributed by atoms with E-state index < -0.39 is 18.8 Å². The lowest BCUT2D eigenvalue weighted by Crippen LogP contribution is -2.20. The Balaban J connectivity index is 3.00. The minimum atomic E-state index is -5.00. The highest BCUT2D eigenvalue weighted by Crippen LogP contribution is 2.28. The molecule has 1 aromatic rings. The van der Waals surface area contributed by atoms with E-state index in [1.165, 1.54) is 6.92 Å². The Morgan fingerprint density at radius 3 is 2.43 bits per heavy atom. The highest BCUT2D eigenvalue weighted by molar-refractivity contribution is 5.22. The average molecular weight is 216 g/mol. The minimum Gasteiger partial charge on any atom is -0.388 e. The van der Waals surface area contributed by atoms with E-state index in [0.29, 0.717) is 0 Å². The summed E-state index contributed by atoms with van der Waals surface area (Å²) in [6, 6.07) is 0. The summed E-state index contributed by atoms with van der Waals surface area (Å²) in [6.45, 7) is -1.98. The van der Waals surface area contributed by atoms with Gasteiger partial charge in [0.15, 0.2) is 0 Å². The van der Waals surface area contributed by atoms with Crippen molar-refractivity contribution in [3.05, 3.63) is 11.8 Å². The molecule has 0 amide bonds. The van der Waals surface area contributed by atoms with Crippen LogP contribution >= 0.6 is 0 Å². The molecule has 0 saturated heterocycles. The molecule has 0 aliphatic carbocycles. The fourth-order valence-corrected chi connectivity index (χ4v) is 0.813. The number of ether oxygens (including phenoxy) is 1. The number of aryl methyl sites for hydroxylation is 1. The molecule has 1 rings (SSSR count). The summed E-state index contributed by atoms with van der Waals surface area (Å²) in [6.07, 6.45) is -4.13. The van der Waals surface area contributed by atoms with Crippen LogP contribution in [0.2, 0.25) is 0 Å². The lowest BCUT2D eigenvalue weighted by Gasteiger charge is -2.10. The van der Waals surface area contributed by atoms with Gasteiger partial charge in [-0.2, -0.15) is 18.6 Å². The van der Waals surface area contributed by atoms with Gasteiger partial charge in [0.25, 0.3) is 0 Å². The molecule has 0 fully saturated rings. The predicted octanol–water partition coefficient (Wildman–Crippen LogP) is 2.49. The summed E-state index contributed by atoms with van der Waals surface area (Å²) in [4.78, 5) is 0. The van der Waals surface area contributed by atoms with Crippen LogP contribution in [0.1, 0.15) is 12.1 Å². The summed E-state index contributed by atoms with van der Waals surface area (Å²) in [5.74, 6) is -0.993. The highest BCUT2D eigenvalue weighted by Gasteiger charge is 2.34. The van der Waals surface area contributed by atoms with E-state index >= 15 is 0 Å². The molecule has 0 bridgehead atoms. The SMILES string of the molecule is Cc1cnn(C(F)F)c1OC(F)(F)F. The lowest BCUT2D eigenvalue weighted by molar-refractivity contribution is -0.278. The minimum absolute atomic E-state index is 0.109. The zero-order valence-corrected chi connectivity index (χ0v) is 6.85. The average Bonchev–Trinajstić information content (AvgIpc) is 2.29. The van der Waals surface area contributed by atoms with E-state index in [4.69, 9.17) is 0 Å². The molecule has 0 atom stereocenters. The van der Waals surface area contributed by atoms with Gasteiger partial charge in [-0.25, -0.2) is 0 Å². The molecule has 0 N–H and O–H groups in total. The molecule has 0 radical (unpaired) electrons. The second-order valence-corrected chi connectivity index (χ2v) is 2.40. The van der Waals surface area contributed by atoms with Crippen molar-refractivity contribution >= 4 is 0 Å². The van der Waals surface area contributed by atoms with Crippen molar-refractivity contribution in [1.29, 1.82) is 0 Å². The van der Waals surface area contributed by atoms with Crippen molar-refractivity contribution in [2.45, 2.75) is 19.8 Å². The van der Waals surface area contributed by atoms with Gasteiger partial charge in [0, 0.05) is 5.56 Å². The van der Waals surface area contributed by atoms with Gasteiger partial charge in [-0.3, -0.25) is 0 Å². The summed E-state index contributed by atoms with van der Waals surface area (Å²) in [5.41, 5.74) is -0.109. The van der Waals surface area contributed by atoms with Gasteiger partial charge in [-0.1, -0.05) is 0 Å². The summed E-state index contributed by atoms with van der Waals surface area (Å²) in [5, 5.41) is 3.04. The summed E-state index contributed by atoms with van der Waals surface area (Å²) >= 11 is 0. The van der Waals surface area contributed by atoms with E-state index in [1.807, 2.05) is 0 Å². The molecule has 0 aliphatic rings. The number of nitrogens with zero attached hydrogens (tertiary/aromatic N) is 2. The van der Waals surface area contributed by atoms with Crippen molar-refractivity contribution in [3.63, 3.8) is 0 Å². The van der Waals surface area contributed by atoms with Crippen LogP contribution in [0.5, 0.6) is 5.88 Å². The van der Waals surface area contributed by atoms with Gasteiger partial charge in [0.05, 0.1) is 6.20 Å². The van der Waals surface area contributed by atoms with Gasteiger partial charge < -0.3 is 4.74 Å². The first-order chi connectivity index (χ1) is 6.31. The molecule has 3 nitrogen and oxygen atoms in total. The van der Waals surface area contributed by atoms with Gasteiger partial charge in [0.2, 0.25) is 5.88 Å². The maximum Gasteiger partial charge on any atom is 0.574 e. The number of hydrogen-bond acceptors (Lipinski definition) is 2. The van der Waals surface area contributed by atoms with Crippen LogP contribution in [0.3, 0.4) is 0 Å². The van der Waals surface area contributed by atoms with Gasteiger partial charge in [-0.15, -0.1) is 13.2 Å². The maximum atomic E-state index is 12.1. The van der Waals surface area contributed by atoms with Gasteiger partial charge in [0.1, 0.15) is 0 Å². The number of alkyl halides is 5. The molecule has 0 unspecified atom stereocenters. The first kappa shape index (κ1) is 10.7. The monoisotopic (exact) mass is 216 g/mol. The van der Waals surface area contributed by atoms with Crippen molar-refractivity contribution in [1.82, 2.24) is 9.78 Å². The standard InChI is InChI=1S/C6H5F5N2O/c1-3-2-12-13(5(7)8)4(3)14-6(9,10)11/h2,5H,1H3. The molecule has 14 heavy (non-hydrogen) atoms. The summed E-state index contributed by atoms with van der Waals surface area (Å²) < 4.78 is 62.6. The van der Waals surface area contributed by atoms with Crippen LogP contribution in [0, 0.1) is 6.92 Å². The number of halogens is 5. The molecule has 0 saturated carbocycles. The largest absolute Gasteiger partial charge is 0.574 e. The fourth-order valence-electron chi connectivity index (χ4n) is 0.813. The number of aromatic nitrogens is 2. The molecule has 0 aromatic carbocycles. The molecule has 0 spiro atoms. The van der Waals surface area contributed by atoms with Crippen molar-refractivity contribution in [2.75, 3.05) is 0 Å². The topological polar surface area (TPSA) is 27.1 Å². The second-order valence-electron chi connectivity index (χ2n) is 2.40. The van der Waals surface area contributed by atoms with Crippen molar-refractivity contribution in [3.8, 4) is 5.88 Å². The fraction of sp³-hybridized carbons (Fsp3) is 0.500. The van der Waals surface area contributed by atoms with E-state index in [-0.39, 0.29) is 10.2 Å². The maximum absolute atomic E-state index is 12.1. The third kappa shape index (κ3) is 2.33. The normalized spacial score (nSPS) is 12.2. The van der Waals surface area contributed by atoms with Crippen LogP contribution in [-0.4, -0.2) is 16.1 Å². The predicted molar refractivity (Wildman–Crippen MR) is 34.9 cm³/mol. The molecule has 80 valence electrons.